The third kappa shape index (κ3) is 3.18. The summed E-state index contributed by atoms with van der Waals surface area (Å²) in [4.78, 5) is 12.2. The number of amides is 1. The first-order chi connectivity index (χ1) is 9.72. The van der Waals surface area contributed by atoms with E-state index in [1.165, 1.54) is 19.4 Å². The van der Waals surface area contributed by atoms with Gasteiger partial charge in [0.25, 0.3) is 10.0 Å². The molecular formula is C14H20N2O4S. The molecule has 0 saturated carbocycles. The summed E-state index contributed by atoms with van der Waals surface area (Å²) in [6.07, 6.45) is 2.11. The first-order valence-electron chi connectivity index (χ1n) is 6.87. The molecule has 0 bridgehead atoms. The number of allylic oxidation sites excluding steroid dienone is 2. The number of hydrogen-bond acceptors (Lipinski definition) is 5. The SMILES string of the molecule is CC1=C(C)CC(C(=O)NS(=O)(=O)c2c(C)noc2C)CC1. The van der Waals surface area contributed by atoms with E-state index in [0.717, 1.165) is 12.0 Å². The van der Waals surface area contributed by atoms with Crippen LogP contribution >= 0.6 is 0 Å². The van der Waals surface area contributed by atoms with Crippen molar-refractivity contribution in [2.45, 2.75) is 51.9 Å². The Morgan fingerprint density at radius 2 is 1.90 bits per heavy atom. The Labute approximate surface area is 124 Å². The van der Waals surface area contributed by atoms with Gasteiger partial charge in [-0.25, -0.2) is 13.1 Å². The zero-order valence-electron chi connectivity index (χ0n) is 12.7. The predicted molar refractivity (Wildman–Crippen MR) is 77.0 cm³/mol. The van der Waals surface area contributed by atoms with E-state index in [1.54, 1.807) is 0 Å². The second-order valence-corrected chi connectivity index (χ2v) is 7.24. The van der Waals surface area contributed by atoms with Crippen LogP contribution in [0.5, 0.6) is 0 Å². The first kappa shape index (κ1) is 15.8. The Balaban J connectivity index is 2.17. The van der Waals surface area contributed by atoms with Crippen LogP contribution in [0.4, 0.5) is 0 Å². The van der Waals surface area contributed by atoms with E-state index in [9.17, 15) is 13.2 Å². The lowest BCUT2D eigenvalue weighted by molar-refractivity contribution is -0.123. The molecule has 116 valence electrons. The maximum absolute atomic E-state index is 12.3. The summed E-state index contributed by atoms with van der Waals surface area (Å²) in [6, 6.07) is 0. The van der Waals surface area contributed by atoms with Gasteiger partial charge in [-0.1, -0.05) is 16.3 Å². The molecule has 1 aliphatic rings. The second kappa shape index (κ2) is 5.63. The van der Waals surface area contributed by atoms with E-state index in [2.05, 4.69) is 9.88 Å². The van der Waals surface area contributed by atoms with E-state index >= 15 is 0 Å². The van der Waals surface area contributed by atoms with Crippen molar-refractivity contribution in [3.05, 3.63) is 22.6 Å². The topological polar surface area (TPSA) is 89.3 Å². The van der Waals surface area contributed by atoms with Crippen molar-refractivity contribution in [1.82, 2.24) is 9.88 Å². The Morgan fingerprint density at radius 3 is 2.43 bits per heavy atom. The van der Waals surface area contributed by atoms with Crippen LogP contribution in [0, 0.1) is 19.8 Å². The van der Waals surface area contributed by atoms with Crippen LogP contribution in [-0.2, 0) is 14.8 Å². The van der Waals surface area contributed by atoms with Gasteiger partial charge in [0.15, 0.2) is 10.7 Å². The van der Waals surface area contributed by atoms with Gasteiger partial charge in [0.1, 0.15) is 5.69 Å². The highest BCUT2D eigenvalue weighted by atomic mass is 32.2. The van der Waals surface area contributed by atoms with Crippen molar-refractivity contribution in [2.24, 2.45) is 5.92 Å². The molecule has 1 N–H and O–H groups in total. The predicted octanol–water partition coefficient (Wildman–Crippen LogP) is 2.23. The fourth-order valence-corrected chi connectivity index (χ4v) is 3.97. The molecule has 1 aliphatic carbocycles. The molecule has 1 aromatic heterocycles. The third-order valence-corrected chi connectivity index (χ3v) is 5.58. The number of rotatable bonds is 3. The normalized spacial score (nSPS) is 19.7. The number of carbonyl (C=O) groups excluding carboxylic acids is 1. The summed E-state index contributed by atoms with van der Waals surface area (Å²) in [5.74, 6) is -0.575. The van der Waals surface area contributed by atoms with Crippen molar-refractivity contribution in [3.63, 3.8) is 0 Å². The lowest BCUT2D eigenvalue weighted by Gasteiger charge is -2.23. The molecule has 0 fully saturated rings. The van der Waals surface area contributed by atoms with Gasteiger partial charge < -0.3 is 4.52 Å². The largest absolute Gasteiger partial charge is 0.360 e. The molecule has 0 radical (unpaired) electrons. The average molecular weight is 312 g/mol. The second-order valence-electron chi connectivity index (χ2n) is 5.62. The van der Waals surface area contributed by atoms with E-state index in [-0.39, 0.29) is 22.3 Å². The van der Waals surface area contributed by atoms with Crippen molar-refractivity contribution in [1.29, 1.82) is 0 Å². The van der Waals surface area contributed by atoms with E-state index in [0.29, 0.717) is 12.8 Å². The van der Waals surface area contributed by atoms with E-state index < -0.39 is 15.9 Å². The molecule has 0 aromatic carbocycles. The van der Waals surface area contributed by atoms with Crippen LogP contribution in [0.25, 0.3) is 0 Å². The first-order valence-corrected chi connectivity index (χ1v) is 8.35. The van der Waals surface area contributed by atoms with Crippen molar-refractivity contribution in [3.8, 4) is 0 Å². The summed E-state index contributed by atoms with van der Waals surface area (Å²) < 4.78 is 31.6. The molecule has 1 heterocycles. The van der Waals surface area contributed by atoms with Gasteiger partial charge in [-0.05, 0) is 47.0 Å². The summed E-state index contributed by atoms with van der Waals surface area (Å²) in [7, 11) is -3.93. The smallest absolute Gasteiger partial charge is 0.269 e. The van der Waals surface area contributed by atoms with Crippen LogP contribution in [0.3, 0.4) is 0 Å². The number of nitrogens with one attached hydrogen (secondary N) is 1. The van der Waals surface area contributed by atoms with E-state index in [4.69, 9.17) is 4.52 Å². The molecule has 1 amide bonds. The van der Waals surface area contributed by atoms with Gasteiger partial charge >= 0.3 is 0 Å². The molecule has 1 aromatic rings. The van der Waals surface area contributed by atoms with Gasteiger partial charge in [-0.15, -0.1) is 0 Å². The monoisotopic (exact) mass is 312 g/mol. The maximum Gasteiger partial charge on any atom is 0.269 e. The average Bonchev–Trinajstić information content (AvgIpc) is 2.72. The van der Waals surface area contributed by atoms with E-state index in [1.807, 2.05) is 13.8 Å². The van der Waals surface area contributed by atoms with Crippen LogP contribution in [-0.4, -0.2) is 19.5 Å². The molecule has 0 spiro atoms. The van der Waals surface area contributed by atoms with Crippen LogP contribution < -0.4 is 4.72 Å². The minimum atomic E-state index is -3.93. The molecular weight excluding hydrogens is 292 g/mol. The fourth-order valence-electron chi connectivity index (χ4n) is 2.60. The molecule has 1 unspecified atom stereocenters. The highest BCUT2D eigenvalue weighted by Gasteiger charge is 2.30. The van der Waals surface area contributed by atoms with Crippen molar-refractivity contribution < 1.29 is 17.7 Å². The fraction of sp³-hybridized carbons (Fsp3) is 0.571. The lowest BCUT2D eigenvalue weighted by atomic mass is 9.85. The van der Waals surface area contributed by atoms with Gasteiger partial charge in [0, 0.05) is 5.92 Å². The lowest BCUT2D eigenvalue weighted by Crippen LogP contribution is -2.37. The molecule has 6 nitrogen and oxygen atoms in total. The highest BCUT2D eigenvalue weighted by molar-refractivity contribution is 7.90. The standard InChI is InChI=1S/C14H20N2O4S/c1-8-5-6-12(7-9(8)2)14(17)16-21(18,19)13-10(3)15-20-11(13)4/h12H,5-7H2,1-4H3,(H,16,17). The number of carbonyl (C=O) groups is 1. The molecule has 0 aliphatic heterocycles. The van der Waals surface area contributed by atoms with Crippen LogP contribution in [0.1, 0.15) is 44.6 Å². The zero-order chi connectivity index (χ0) is 15.8. The minimum absolute atomic E-state index is 0.0462. The van der Waals surface area contributed by atoms with Crippen molar-refractivity contribution in [2.75, 3.05) is 0 Å². The number of hydrogen-bond donors (Lipinski definition) is 1. The summed E-state index contributed by atoms with van der Waals surface area (Å²) in [5.41, 5.74) is 2.70. The zero-order valence-corrected chi connectivity index (χ0v) is 13.5. The van der Waals surface area contributed by atoms with Gasteiger partial charge in [-0.3, -0.25) is 4.79 Å². The Bertz CT molecular complexity index is 681. The molecule has 7 heteroatoms. The van der Waals surface area contributed by atoms with Gasteiger partial charge in [-0.2, -0.15) is 0 Å². The van der Waals surface area contributed by atoms with Crippen LogP contribution in [0.15, 0.2) is 20.6 Å². The van der Waals surface area contributed by atoms with Crippen molar-refractivity contribution >= 4 is 15.9 Å². The molecule has 2 rings (SSSR count). The number of aryl methyl sites for hydroxylation is 2. The highest BCUT2D eigenvalue weighted by Crippen LogP contribution is 2.29. The Morgan fingerprint density at radius 1 is 1.24 bits per heavy atom. The van der Waals surface area contributed by atoms with Crippen LogP contribution in [0.2, 0.25) is 0 Å². The Hall–Kier alpha value is -1.63. The number of aromatic nitrogens is 1. The maximum atomic E-state index is 12.3. The molecule has 21 heavy (non-hydrogen) atoms. The summed E-state index contributed by atoms with van der Waals surface area (Å²) in [6.45, 7) is 7.07. The quantitative estimate of drug-likeness (QED) is 0.864. The molecule has 1 atom stereocenters. The van der Waals surface area contributed by atoms with Gasteiger partial charge in [0.05, 0.1) is 0 Å². The number of sulfonamides is 1. The van der Waals surface area contributed by atoms with Gasteiger partial charge in [0.2, 0.25) is 5.91 Å². The summed E-state index contributed by atoms with van der Waals surface area (Å²) >= 11 is 0. The number of nitrogens with zero attached hydrogens (tertiary/aromatic N) is 1. The summed E-state index contributed by atoms with van der Waals surface area (Å²) in [5, 5.41) is 3.61. The third-order valence-electron chi connectivity index (χ3n) is 3.99. The minimum Gasteiger partial charge on any atom is -0.360 e. The Kier molecular flexibility index (Phi) is 4.22. The molecule has 0 saturated heterocycles.